The van der Waals surface area contributed by atoms with Crippen LogP contribution in [0.5, 0.6) is 11.5 Å². The smallest absolute Gasteiger partial charge is 0.416 e. The Morgan fingerprint density at radius 2 is 1.83 bits per heavy atom. The molecule has 1 aromatic carbocycles. The second-order valence-corrected chi connectivity index (χ2v) is 3.62. The third kappa shape index (κ3) is 3.05. The van der Waals surface area contributed by atoms with Crippen LogP contribution in [0.3, 0.4) is 0 Å². The summed E-state index contributed by atoms with van der Waals surface area (Å²) in [5.74, 6) is 0.488. The molecule has 0 aliphatic rings. The summed E-state index contributed by atoms with van der Waals surface area (Å²) in [7, 11) is 2.68. The number of aliphatic hydroxyl groups is 1. The molecule has 0 heterocycles. The van der Waals surface area contributed by atoms with Crippen molar-refractivity contribution in [3.8, 4) is 11.5 Å². The number of methoxy groups -OCH3 is 2. The molecule has 4 nitrogen and oxygen atoms in total. The molecule has 7 heteroatoms. The van der Waals surface area contributed by atoms with E-state index in [0.717, 1.165) is 0 Å². The minimum Gasteiger partial charge on any atom is -0.497 e. The average Bonchev–Trinajstić information content (AvgIpc) is 2.35. The monoisotopic (exact) mass is 265 g/mol. The van der Waals surface area contributed by atoms with Crippen LogP contribution < -0.4 is 15.2 Å². The highest BCUT2D eigenvalue weighted by Crippen LogP contribution is 2.34. The van der Waals surface area contributed by atoms with Crippen molar-refractivity contribution in [2.75, 3.05) is 14.2 Å². The Kier molecular flexibility index (Phi) is 4.42. The number of alkyl halides is 3. The third-order valence-electron chi connectivity index (χ3n) is 2.47. The number of ether oxygens (including phenoxy) is 2. The number of nitrogens with two attached hydrogens (primary N) is 1. The highest BCUT2D eigenvalue weighted by molar-refractivity contribution is 5.42. The van der Waals surface area contributed by atoms with Gasteiger partial charge in [-0.25, -0.2) is 0 Å². The SMILES string of the molecule is COc1ccc(OC)c([C@@H](N)[C@@H](O)C(F)(F)F)c1. The molecule has 0 aromatic heterocycles. The molecule has 0 aliphatic heterocycles. The quantitative estimate of drug-likeness (QED) is 0.868. The lowest BCUT2D eigenvalue weighted by Gasteiger charge is -2.23. The molecular formula is C11H14F3NO3. The number of rotatable bonds is 4. The molecule has 0 saturated carbocycles. The van der Waals surface area contributed by atoms with Crippen LogP contribution in [-0.4, -0.2) is 31.6 Å². The van der Waals surface area contributed by atoms with Gasteiger partial charge in [0.15, 0.2) is 6.10 Å². The summed E-state index contributed by atoms with van der Waals surface area (Å²) in [6.07, 6.45) is -7.47. The lowest BCUT2D eigenvalue weighted by molar-refractivity contribution is -0.210. The van der Waals surface area contributed by atoms with Crippen molar-refractivity contribution in [3.63, 3.8) is 0 Å². The van der Waals surface area contributed by atoms with E-state index in [0.29, 0.717) is 5.75 Å². The molecule has 3 N–H and O–H groups in total. The van der Waals surface area contributed by atoms with E-state index in [9.17, 15) is 13.2 Å². The number of hydrogen-bond donors (Lipinski definition) is 2. The summed E-state index contributed by atoms with van der Waals surface area (Å²) in [4.78, 5) is 0. The first kappa shape index (κ1) is 14.6. The van der Waals surface area contributed by atoms with Crippen LogP contribution in [0, 0.1) is 0 Å². The van der Waals surface area contributed by atoms with Gasteiger partial charge in [-0.1, -0.05) is 0 Å². The van der Waals surface area contributed by atoms with E-state index in [4.69, 9.17) is 20.3 Å². The van der Waals surface area contributed by atoms with E-state index >= 15 is 0 Å². The highest BCUT2D eigenvalue weighted by Gasteiger charge is 2.43. The minimum atomic E-state index is -4.80. The Morgan fingerprint density at radius 1 is 1.22 bits per heavy atom. The van der Waals surface area contributed by atoms with Crippen LogP contribution in [-0.2, 0) is 0 Å². The fourth-order valence-electron chi connectivity index (χ4n) is 1.47. The maximum absolute atomic E-state index is 12.4. The second kappa shape index (κ2) is 5.45. The van der Waals surface area contributed by atoms with Crippen molar-refractivity contribution in [3.05, 3.63) is 23.8 Å². The van der Waals surface area contributed by atoms with Gasteiger partial charge in [-0.05, 0) is 18.2 Å². The first-order valence-electron chi connectivity index (χ1n) is 5.03. The van der Waals surface area contributed by atoms with Gasteiger partial charge in [-0.3, -0.25) is 0 Å². The molecule has 102 valence electrons. The molecule has 1 rings (SSSR count). The van der Waals surface area contributed by atoms with E-state index in [-0.39, 0.29) is 11.3 Å². The van der Waals surface area contributed by atoms with Gasteiger partial charge in [-0.2, -0.15) is 13.2 Å². The zero-order chi connectivity index (χ0) is 13.9. The van der Waals surface area contributed by atoms with Crippen LogP contribution in [0.2, 0.25) is 0 Å². The van der Waals surface area contributed by atoms with Gasteiger partial charge in [0.25, 0.3) is 0 Å². The Labute approximate surface area is 102 Å². The molecule has 0 unspecified atom stereocenters. The van der Waals surface area contributed by atoms with Crippen LogP contribution in [0.15, 0.2) is 18.2 Å². The van der Waals surface area contributed by atoms with E-state index < -0.39 is 18.3 Å². The lowest BCUT2D eigenvalue weighted by Crippen LogP contribution is -2.39. The zero-order valence-corrected chi connectivity index (χ0v) is 9.86. The lowest BCUT2D eigenvalue weighted by atomic mass is 10.0. The normalized spacial score (nSPS) is 15.1. The minimum absolute atomic E-state index is 0.0293. The maximum atomic E-state index is 12.4. The number of halogens is 3. The van der Waals surface area contributed by atoms with Crippen LogP contribution in [0.1, 0.15) is 11.6 Å². The molecule has 0 spiro atoms. The standard InChI is InChI=1S/C11H14F3NO3/c1-17-6-3-4-8(18-2)7(5-6)9(15)10(16)11(12,13)14/h3-5,9-10,16H,15H2,1-2H3/t9-,10-/m1/s1. The number of benzene rings is 1. The largest absolute Gasteiger partial charge is 0.497 e. The van der Waals surface area contributed by atoms with Gasteiger partial charge in [0.1, 0.15) is 11.5 Å². The molecular weight excluding hydrogens is 251 g/mol. The van der Waals surface area contributed by atoms with E-state index in [1.807, 2.05) is 0 Å². The Morgan fingerprint density at radius 3 is 2.28 bits per heavy atom. The topological polar surface area (TPSA) is 64.7 Å². The van der Waals surface area contributed by atoms with E-state index in [1.54, 1.807) is 0 Å². The fourth-order valence-corrected chi connectivity index (χ4v) is 1.47. The van der Waals surface area contributed by atoms with Gasteiger partial charge >= 0.3 is 6.18 Å². The summed E-state index contributed by atoms with van der Waals surface area (Å²) < 4.78 is 47.0. The summed E-state index contributed by atoms with van der Waals surface area (Å²) in [6, 6.07) is 2.61. The second-order valence-electron chi connectivity index (χ2n) is 3.62. The fraction of sp³-hybridized carbons (Fsp3) is 0.455. The van der Waals surface area contributed by atoms with Crippen molar-refractivity contribution in [2.24, 2.45) is 5.73 Å². The summed E-state index contributed by atoms with van der Waals surface area (Å²) >= 11 is 0. The van der Waals surface area contributed by atoms with E-state index in [2.05, 4.69) is 0 Å². The average molecular weight is 265 g/mol. The first-order chi connectivity index (χ1) is 8.31. The van der Waals surface area contributed by atoms with Crippen LogP contribution in [0.4, 0.5) is 13.2 Å². The van der Waals surface area contributed by atoms with Gasteiger partial charge < -0.3 is 20.3 Å². The predicted molar refractivity (Wildman–Crippen MR) is 58.5 cm³/mol. The highest BCUT2D eigenvalue weighted by atomic mass is 19.4. The van der Waals surface area contributed by atoms with Crippen LogP contribution in [0.25, 0.3) is 0 Å². The number of aliphatic hydroxyl groups excluding tert-OH is 1. The predicted octanol–water partition coefficient (Wildman–Crippen LogP) is 1.63. The zero-order valence-electron chi connectivity index (χ0n) is 9.86. The van der Waals surface area contributed by atoms with Crippen molar-refractivity contribution < 1.29 is 27.8 Å². The molecule has 2 atom stereocenters. The molecule has 0 saturated heterocycles. The Balaban J connectivity index is 3.14. The van der Waals surface area contributed by atoms with E-state index in [1.165, 1.54) is 32.4 Å². The summed E-state index contributed by atoms with van der Waals surface area (Å²) in [6.45, 7) is 0. The van der Waals surface area contributed by atoms with Crippen molar-refractivity contribution >= 4 is 0 Å². The van der Waals surface area contributed by atoms with Gasteiger partial charge in [0, 0.05) is 5.56 Å². The number of hydrogen-bond acceptors (Lipinski definition) is 4. The van der Waals surface area contributed by atoms with Crippen LogP contribution >= 0.6 is 0 Å². The summed E-state index contributed by atoms with van der Waals surface area (Å²) in [5, 5.41) is 9.14. The Bertz CT molecular complexity index is 409. The molecule has 0 fully saturated rings. The van der Waals surface area contributed by atoms with Gasteiger partial charge in [-0.15, -0.1) is 0 Å². The molecule has 0 amide bonds. The van der Waals surface area contributed by atoms with Gasteiger partial charge in [0.2, 0.25) is 0 Å². The van der Waals surface area contributed by atoms with Crippen molar-refractivity contribution in [2.45, 2.75) is 18.3 Å². The maximum Gasteiger partial charge on any atom is 0.416 e. The molecule has 18 heavy (non-hydrogen) atoms. The van der Waals surface area contributed by atoms with Crippen molar-refractivity contribution in [1.29, 1.82) is 0 Å². The van der Waals surface area contributed by atoms with Gasteiger partial charge in [0.05, 0.1) is 20.3 Å². The molecule has 0 radical (unpaired) electrons. The molecule has 1 aromatic rings. The Hall–Kier alpha value is -1.47. The first-order valence-corrected chi connectivity index (χ1v) is 5.03. The molecule has 0 bridgehead atoms. The summed E-state index contributed by atoms with van der Waals surface area (Å²) in [5.41, 5.74) is 5.45. The third-order valence-corrected chi connectivity index (χ3v) is 2.47. The van der Waals surface area contributed by atoms with Crippen molar-refractivity contribution in [1.82, 2.24) is 0 Å². The molecule has 0 aliphatic carbocycles.